The summed E-state index contributed by atoms with van der Waals surface area (Å²) < 4.78 is 27.7. The highest BCUT2D eigenvalue weighted by atomic mass is 79.9. The number of carbonyl (C=O) groups excluding carboxylic acids is 1. The number of rotatable bonds is 5. The Morgan fingerprint density at radius 1 is 1.27 bits per heavy atom. The number of anilines is 1. The van der Waals surface area contributed by atoms with E-state index in [4.69, 9.17) is 0 Å². The summed E-state index contributed by atoms with van der Waals surface area (Å²) in [4.78, 5) is 11.7. The molecule has 22 heavy (non-hydrogen) atoms. The number of sulfonamides is 1. The monoisotopic (exact) mass is 388 g/mol. The van der Waals surface area contributed by atoms with Crippen LogP contribution in [0.1, 0.15) is 38.7 Å². The Bertz CT molecular complexity index is 684. The summed E-state index contributed by atoms with van der Waals surface area (Å²) in [6.07, 6.45) is 2.48. The van der Waals surface area contributed by atoms with E-state index in [-0.39, 0.29) is 16.8 Å². The Morgan fingerprint density at radius 2 is 1.91 bits per heavy atom. The van der Waals surface area contributed by atoms with E-state index in [1.54, 1.807) is 19.2 Å². The van der Waals surface area contributed by atoms with Crippen molar-refractivity contribution in [3.63, 3.8) is 0 Å². The van der Waals surface area contributed by atoms with E-state index >= 15 is 0 Å². The van der Waals surface area contributed by atoms with Crippen LogP contribution in [-0.2, 0) is 21.2 Å². The van der Waals surface area contributed by atoms with E-state index in [1.165, 1.54) is 4.31 Å². The first-order chi connectivity index (χ1) is 10.3. The van der Waals surface area contributed by atoms with Crippen LogP contribution in [0, 0.1) is 0 Å². The Hall–Kier alpha value is -0.920. The predicted octanol–water partition coefficient (Wildman–Crippen LogP) is 3.14. The van der Waals surface area contributed by atoms with Crippen LogP contribution < -0.4 is 5.32 Å². The molecule has 1 aromatic rings. The van der Waals surface area contributed by atoms with Gasteiger partial charge in [-0.2, -0.15) is 4.31 Å². The third kappa shape index (κ3) is 3.21. The Labute approximate surface area is 140 Å². The molecule has 1 aliphatic heterocycles. The highest BCUT2D eigenvalue weighted by Gasteiger charge is 2.29. The molecule has 0 atom stereocenters. The topological polar surface area (TPSA) is 66.5 Å². The van der Waals surface area contributed by atoms with Crippen LogP contribution in [-0.4, -0.2) is 31.7 Å². The normalized spacial score (nSPS) is 15.1. The van der Waals surface area contributed by atoms with Gasteiger partial charge in [0.1, 0.15) is 0 Å². The molecule has 0 aliphatic carbocycles. The molecular weight excluding hydrogens is 368 g/mol. The molecule has 0 saturated carbocycles. The maximum atomic E-state index is 12.9. The molecular formula is C15H21BrN2O3S. The summed E-state index contributed by atoms with van der Waals surface area (Å²) in [5, 5.41) is 2.78. The highest BCUT2D eigenvalue weighted by Crippen LogP contribution is 2.34. The van der Waals surface area contributed by atoms with E-state index < -0.39 is 10.0 Å². The van der Waals surface area contributed by atoms with Gasteiger partial charge in [0.15, 0.2) is 0 Å². The van der Waals surface area contributed by atoms with Crippen LogP contribution in [0.25, 0.3) is 0 Å². The van der Waals surface area contributed by atoms with Crippen molar-refractivity contribution >= 4 is 37.5 Å². The summed E-state index contributed by atoms with van der Waals surface area (Å²) in [5.41, 5.74) is 1.55. The van der Waals surface area contributed by atoms with Crippen molar-refractivity contribution in [1.29, 1.82) is 0 Å². The zero-order valence-corrected chi connectivity index (χ0v) is 15.4. The van der Waals surface area contributed by atoms with E-state index in [1.807, 2.05) is 13.8 Å². The first-order valence-corrected chi connectivity index (χ1v) is 9.64. The fourth-order valence-corrected chi connectivity index (χ4v) is 5.29. The van der Waals surface area contributed by atoms with Crippen LogP contribution in [0.4, 0.5) is 5.69 Å². The third-order valence-corrected chi connectivity index (χ3v) is 7.04. The maximum absolute atomic E-state index is 12.9. The van der Waals surface area contributed by atoms with E-state index in [2.05, 4.69) is 21.2 Å². The average molecular weight is 389 g/mol. The van der Waals surface area contributed by atoms with Gasteiger partial charge >= 0.3 is 0 Å². The Balaban J connectivity index is 2.46. The van der Waals surface area contributed by atoms with Crippen molar-refractivity contribution in [2.45, 2.75) is 50.5 Å². The lowest BCUT2D eigenvalue weighted by Crippen LogP contribution is -2.36. The molecule has 0 unspecified atom stereocenters. The molecule has 0 fully saturated rings. The molecule has 0 saturated heterocycles. The molecule has 2 rings (SSSR count). The molecule has 1 heterocycles. The lowest BCUT2D eigenvalue weighted by atomic mass is 10.0. The second kappa shape index (κ2) is 6.68. The predicted molar refractivity (Wildman–Crippen MR) is 90.4 cm³/mol. The minimum absolute atomic E-state index is 0.0207. The summed E-state index contributed by atoms with van der Waals surface area (Å²) in [7, 11) is -1.94. The van der Waals surface area contributed by atoms with Gasteiger partial charge in [0.25, 0.3) is 0 Å². The second-order valence-corrected chi connectivity index (χ2v) is 8.30. The van der Waals surface area contributed by atoms with Crippen molar-refractivity contribution in [1.82, 2.24) is 4.31 Å². The molecule has 1 aliphatic rings. The second-order valence-electron chi connectivity index (χ2n) is 5.48. The average Bonchev–Trinajstić information content (AvgIpc) is 2.47. The first-order valence-electron chi connectivity index (χ1n) is 7.41. The van der Waals surface area contributed by atoms with Gasteiger partial charge in [-0.15, -0.1) is 0 Å². The summed E-state index contributed by atoms with van der Waals surface area (Å²) >= 11 is 3.34. The van der Waals surface area contributed by atoms with E-state index in [0.29, 0.717) is 23.0 Å². The maximum Gasteiger partial charge on any atom is 0.244 e. The van der Waals surface area contributed by atoms with Crippen molar-refractivity contribution in [2.75, 3.05) is 12.4 Å². The summed E-state index contributed by atoms with van der Waals surface area (Å²) in [5.74, 6) is -0.0378. The van der Waals surface area contributed by atoms with Gasteiger partial charge in [-0.1, -0.05) is 13.8 Å². The molecule has 1 aromatic carbocycles. The van der Waals surface area contributed by atoms with Crippen molar-refractivity contribution < 1.29 is 13.2 Å². The van der Waals surface area contributed by atoms with Crippen molar-refractivity contribution in [2.24, 2.45) is 0 Å². The van der Waals surface area contributed by atoms with Gasteiger partial charge in [-0.25, -0.2) is 8.42 Å². The minimum atomic E-state index is -3.57. The Morgan fingerprint density at radius 3 is 2.50 bits per heavy atom. The number of carbonyl (C=O) groups is 1. The zero-order chi connectivity index (χ0) is 16.5. The number of fused-ring (bicyclic) bond motifs is 1. The molecule has 5 nitrogen and oxygen atoms in total. The number of benzene rings is 1. The van der Waals surface area contributed by atoms with E-state index in [0.717, 1.165) is 18.4 Å². The lowest BCUT2D eigenvalue weighted by Gasteiger charge is -2.27. The fraction of sp³-hybridized carbons (Fsp3) is 0.533. The van der Waals surface area contributed by atoms with Crippen LogP contribution in [0.15, 0.2) is 21.5 Å². The zero-order valence-electron chi connectivity index (χ0n) is 13.0. The SMILES string of the molecule is CCC(CC)N(C)S(=O)(=O)c1cc2c(cc1Br)NC(=O)CC2. The fourth-order valence-electron chi connectivity index (χ4n) is 2.73. The standard InChI is InChI=1S/C15H21BrN2O3S/c1-4-11(5-2)18(3)22(20,21)14-8-10-6-7-15(19)17-13(10)9-12(14)16/h8-9,11H,4-7H2,1-3H3,(H,17,19). The minimum Gasteiger partial charge on any atom is -0.326 e. The number of halogens is 1. The number of aryl methyl sites for hydroxylation is 1. The van der Waals surface area contributed by atoms with Gasteiger partial charge in [0.05, 0.1) is 4.90 Å². The molecule has 0 bridgehead atoms. The van der Waals surface area contributed by atoms with Gasteiger partial charge in [0.2, 0.25) is 15.9 Å². The third-order valence-electron chi connectivity index (χ3n) is 4.17. The molecule has 0 radical (unpaired) electrons. The number of nitrogens with zero attached hydrogens (tertiary/aromatic N) is 1. The van der Waals surface area contributed by atoms with Crippen molar-refractivity contribution in [3.05, 3.63) is 22.2 Å². The van der Waals surface area contributed by atoms with Gasteiger partial charge in [0, 0.05) is 29.7 Å². The molecule has 1 amide bonds. The number of hydrogen-bond acceptors (Lipinski definition) is 3. The van der Waals surface area contributed by atoms with Gasteiger partial charge in [-0.05, 0) is 52.9 Å². The smallest absolute Gasteiger partial charge is 0.244 e. The quantitative estimate of drug-likeness (QED) is 0.842. The van der Waals surface area contributed by atoms with Gasteiger partial charge < -0.3 is 5.32 Å². The largest absolute Gasteiger partial charge is 0.326 e. The van der Waals surface area contributed by atoms with Crippen molar-refractivity contribution in [3.8, 4) is 0 Å². The number of hydrogen-bond donors (Lipinski definition) is 1. The number of nitrogens with one attached hydrogen (secondary N) is 1. The molecule has 122 valence electrons. The molecule has 1 N–H and O–H groups in total. The summed E-state index contributed by atoms with van der Waals surface area (Å²) in [6.45, 7) is 3.97. The lowest BCUT2D eigenvalue weighted by molar-refractivity contribution is -0.116. The van der Waals surface area contributed by atoms with Crippen LogP contribution in [0.5, 0.6) is 0 Å². The van der Waals surface area contributed by atoms with E-state index in [9.17, 15) is 13.2 Å². The van der Waals surface area contributed by atoms with Crippen LogP contribution >= 0.6 is 15.9 Å². The number of amides is 1. The summed E-state index contributed by atoms with van der Waals surface area (Å²) in [6, 6.07) is 3.33. The molecule has 0 spiro atoms. The van der Waals surface area contributed by atoms with Crippen LogP contribution in [0.3, 0.4) is 0 Å². The van der Waals surface area contributed by atoms with Crippen LogP contribution in [0.2, 0.25) is 0 Å². The molecule has 7 heteroatoms. The Kier molecular flexibility index (Phi) is 5.29. The highest BCUT2D eigenvalue weighted by molar-refractivity contribution is 9.10. The first kappa shape index (κ1) is 17.4. The van der Waals surface area contributed by atoms with Gasteiger partial charge in [-0.3, -0.25) is 4.79 Å². The molecule has 0 aromatic heterocycles.